The van der Waals surface area contributed by atoms with Gasteiger partial charge in [0.1, 0.15) is 6.26 Å². The van der Waals surface area contributed by atoms with Crippen molar-refractivity contribution in [2.24, 2.45) is 0 Å². The second-order valence-electron chi connectivity index (χ2n) is 5.19. The number of aromatic nitrogens is 1. The van der Waals surface area contributed by atoms with E-state index >= 15 is 0 Å². The SMILES string of the molecule is CCCN(CCC(=O)NCc1cccnc1)C(=O)c1ccoc1. The average molecular weight is 315 g/mol. The van der Waals surface area contributed by atoms with Gasteiger partial charge in [0.2, 0.25) is 5.91 Å². The molecule has 0 aliphatic carbocycles. The first kappa shape index (κ1) is 16.7. The van der Waals surface area contributed by atoms with Crippen LogP contribution in [-0.4, -0.2) is 34.8 Å². The zero-order valence-corrected chi connectivity index (χ0v) is 13.2. The third-order valence-corrected chi connectivity index (χ3v) is 3.37. The van der Waals surface area contributed by atoms with Gasteiger partial charge < -0.3 is 14.6 Å². The number of pyridine rings is 1. The summed E-state index contributed by atoms with van der Waals surface area (Å²) in [7, 11) is 0. The van der Waals surface area contributed by atoms with Crippen LogP contribution in [-0.2, 0) is 11.3 Å². The zero-order valence-electron chi connectivity index (χ0n) is 13.2. The lowest BCUT2D eigenvalue weighted by Crippen LogP contribution is -2.35. The third-order valence-electron chi connectivity index (χ3n) is 3.37. The third kappa shape index (κ3) is 5.25. The maximum atomic E-state index is 12.3. The number of rotatable bonds is 8. The number of carbonyl (C=O) groups is 2. The minimum Gasteiger partial charge on any atom is -0.472 e. The molecule has 2 rings (SSSR count). The first-order chi connectivity index (χ1) is 11.2. The van der Waals surface area contributed by atoms with Gasteiger partial charge in [-0.25, -0.2) is 0 Å². The highest BCUT2D eigenvalue weighted by molar-refractivity contribution is 5.94. The highest BCUT2D eigenvalue weighted by Gasteiger charge is 2.17. The van der Waals surface area contributed by atoms with Crippen LogP contribution in [0.4, 0.5) is 0 Å². The Bertz CT molecular complexity index is 611. The van der Waals surface area contributed by atoms with Gasteiger partial charge in [-0.15, -0.1) is 0 Å². The molecule has 0 spiro atoms. The van der Waals surface area contributed by atoms with Crippen molar-refractivity contribution in [1.82, 2.24) is 15.2 Å². The summed E-state index contributed by atoms with van der Waals surface area (Å²) in [5.41, 5.74) is 1.45. The van der Waals surface area contributed by atoms with Crippen molar-refractivity contribution in [3.05, 3.63) is 54.2 Å². The molecule has 2 aromatic rings. The summed E-state index contributed by atoms with van der Waals surface area (Å²) in [6, 6.07) is 5.36. The van der Waals surface area contributed by atoms with Crippen LogP contribution >= 0.6 is 0 Å². The molecular weight excluding hydrogens is 294 g/mol. The fourth-order valence-electron chi connectivity index (χ4n) is 2.18. The Balaban J connectivity index is 1.81. The first-order valence-electron chi connectivity index (χ1n) is 7.67. The summed E-state index contributed by atoms with van der Waals surface area (Å²) >= 11 is 0. The summed E-state index contributed by atoms with van der Waals surface area (Å²) in [5, 5.41) is 2.83. The monoisotopic (exact) mass is 315 g/mol. The van der Waals surface area contributed by atoms with E-state index in [9.17, 15) is 9.59 Å². The van der Waals surface area contributed by atoms with Gasteiger partial charge in [0.25, 0.3) is 5.91 Å². The van der Waals surface area contributed by atoms with Gasteiger partial charge in [0, 0.05) is 38.4 Å². The van der Waals surface area contributed by atoms with Gasteiger partial charge in [0.15, 0.2) is 0 Å². The molecule has 0 saturated heterocycles. The minimum absolute atomic E-state index is 0.0880. The summed E-state index contributed by atoms with van der Waals surface area (Å²) in [6.45, 7) is 3.44. The molecule has 2 aromatic heterocycles. The van der Waals surface area contributed by atoms with Gasteiger partial charge in [-0.2, -0.15) is 0 Å². The fourth-order valence-corrected chi connectivity index (χ4v) is 2.18. The number of nitrogens with zero attached hydrogens (tertiary/aromatic N) is 2. The van der Waals surface area contributed by atoms with Gasteiger partial charge in [0.05, 0.1) is 11.8 Å². The summed E-state index contributed by atoms with van der Waals surface area (Å²) in [6.07, 6.45) is 7.40. The molecule has 0 aliphatic heterocycles. The molecule has 23 heavy (non-hydrogen) atoms. The van der Waals surface area contributed by atoms with Crippen LogP contribution < -0.4 is 5.32 Å². The fraction of sp³-hybridized carbons (Fsp3) is 0.353. The van der Waals surface area contributed by atoms with E-state index in [1.54, 1.807) is 23.4 Å². The zero-order chi connectivity index (χ0) is 16.5. The molecule has 2 heterocycles. The van der Waals surface area contributed by atoms with Crippen molar-refractivity contribution in [3.8, 4) is 0 Å². The van der Waals surface area contributed by atoms with Gasteiger partial charge >= 0.3 is 0 Å². The van der Waals surface area contributed by atoms with Gasteiger partial charge in [-0.3, -0.25) is 14.6 Å². The molecule has 2 amide bonds. The minimum atomic E-state index is -0.111. The van der Waals surface area contributed by atoms with Crippen molar-refractivity contribution in [1.29, 1.82) is 0 Å². The predicted molar refractivity (Wildman–Crippen MR) is 85.6 cm³/mol. The van der Waals surface area contributed by atoms with E-state index < -0.39 is 0 Å². The Morgan fingerprint density at radius 1 is 1.30 bits per heavy atom. The summed E-state index contributed by atoms with van der Waals surface area (Å²) in [4.78, 5) is 29.9. The molecule has 1 N–H and O–H groups in total. The molecule has 6 heteroatoms. The van der Waals surface area contributed by atoms with E-state index in [-0.39, 0.29) is 18.2 Å². The molecule has 0 bridgehead atoms. The molecular formula is C17H21N3O3. The Morgan fingerprint density at radius 2 is 2.17 bits per heavy atom. The molecule has 122 valence electrons. The first-order valence-corrected chi connectivity index (χ1v) is 7.67. The average Bonchev–Trinajstić information content (AvgIpc) is 3.11. The quantitative estimate of drug-likeness (QED) is 0.810. The number of hydrogen-bond donors (Lipinski definition) is 1. The highest BCUT2D eigenvalue weighted by Crippen LogP contribution is 2.07. The second-order valence-corrected chi connectivity index (χ2v) is 5.19. The normalized spacial score (nSPS) is 10.3. The van der Waals surface area contributed by atoms with Crippen LogP contribution in [0.15, 0.2) is 47.5 Å². The standard InChI is InChI=1S/C17H21N3O3/c1-2-8-20(17(22)15-6-10-23-13-15)9-5-16(21)19-12-14-4-3-7-18-11-14/h3-4,6-7,10-11,13H,2,5,8-9,12H2,1H3,(H,19,21). The molecule has 0 fully saturated rings. The molecule has 0 atom stereocenters. The largest absolute Gasteiger partial charge is 0.472 e. The Morgan fingerprint density at radius 3 is 2.83 bits per heavy atom. The van der Waals surface area contributed by atoms with Crippen LogP contribution in [0, 0.1) is 0 Å². The smallest absolute Gasteiger partial charge is 0.257 e. The van der Waals surface area contributed by atoms with E-state index in [1.165, 1.54) is 12.5 Å². The number of nitrogens with one attached hydrogen (secondary N) is 1. The number of amides is 2. The summed E-state index contributed by atoms with van der Waals surface area (Å²) in [5.74, 6) is -0.199. The second kappa shape index (κ2) is 8.73. The van der Waals surface area contributed by atoms with E-state index in [0.717, 1.165) is 12.0 Å². The number of hydrogen-bond acceptors (Lipinski definition) is 4. The maximum Gasteiger partial charge on any atom is 0.257 e. The Labute approximate surface area is 135 Å². The number of carbonyl (C=O) groups excluding carboxylic acids is 2. The van der Waals surface area contributed by atoms with E-state index in [0.29, 0.717) is 25.2 Å². The topological polar surface area (TPSA) is 75.4 Å². The molecule has 6 nitrogen and oxygen atoms in total. The van der Waals surface area contributed by atoms with E-state index in [2.05, 4.69) is 10.3 Å². The predicted octanol–water partition coefficient (Wildman–Crippen LogP) is 2.23. The van der Waals surface area contributed by atoms with Gasteiger partial charge in [-0.05, 0) is 24.1 Å². The van der Waals surface area contributed by atoms with Crippen molar-refractivity contribution < 1.29 is 14.0 Å². The van der Waals surface area contributed by atoms with Crippen LogP contribution in [0.25, 0.3) is 0 Å². The van der Waals surface area contributed by atoms with Crippen LogP contribution in [0.5, 0.6) is 0 Å². The lowest BCUT2D eigenvalue weighted by atomic mass is 10.2. The maximum absolute atomic E-state index is 12.3. The Kier molecular flexibility index (Phi) is 6.35. The van der Waals surface area contributed by atoms with Gasteiger partial charge in [-0.1, -0.05) is 13.0 Å². The van der Waals surface area contributed by atoms with Crippen molar-refractivity contribution in [3.63, 3.8) is 0 Å². The van der Waals surface area contributed by atoms with E-state index in [4.69, 9.17) is 4.42 Å². The molecule has 0 saturated carbocycles. The highest BCUT2D eigenvalue weighted by atomic mass is 16.3. The Hall–Kier alpha value is -2.63. The van der Waals surface area contributed by atoms with Crippen LogP contribution in [0.3, 0.4) is 0 Å². The van der Waals surface area contributed by atoms with Crippen LogP contribution in [0.1, 0.15) is 35.7 Å². The molecule has 0 aromatic carbocycles. The molecule has 0 aliphatic rings. The van der Waals surface area contributed by atoms with Crippen molar-refractivity contribution in [2.75, 3.05) is 13.1 Å². The van der Waals surface area contributed by atoms with Crippen LogP contribution in [0.2, 0.25) is 0 Å². The van der Waals surface area contributed by atoms with Crippen molar-refractivity contribution in [2.45, 2.75) is 26.3 Å². The lowest BCUT2D eigenvalue weighted by molar-refractivity contribution is -0.121. The lowest BCUT2D eigenvalue weighted by Gasteiger charge is -2.21. The van der Waals surface area contributed by atoms with E-state index in [1.807, 2.05) is 19.1 Å². The number of furan rings is 1. The summed E-state index contributed by atoms with van der Waals surface area (Å²) < 4.78 is 4.94. The molecule has 0 radical (unpaired) electrons. The van der Waals surface area contributed by atoms with Crippen molar-refractivity contribution >= 4 is 11.8 Å². The molecule has 0 unspecified atom stereocenters.